The lowest BCUT2D eigenvalue weighted by atomic mass is 9.83. The van der Waals surface area contributed by atoms with Crippen LogP contribution < -0.4 is 11.1 Å². The van der Waals surface area contributed by atoms with Crippen LogP contribution in [0.15, 0.2) is 61.1 Å². The van der Waals surface area contributed by atoms with Gasteiger partial charge in [-0.3, -0.25) is 4.79 Å². The summed E-state index contributed by atoms with van der Waals surface area (Å²) in [4.78, 5) is 19.5. The summed E-state index contributed by atoms with van der Waals surface area (Å²) in [6.45, 7) is 4.08. The molecule has 0 radical (unpaired) electrons. The number of carbonyl (C=O) groups excluding carboxylic acids is 1. The fourth-order valence-electron chi connectivity index (χ4n) is 4.68. The first-order valence-electron chi connectivity index (χ1n) is 12.9. The number of imidazole rings is 1. The van der Waals surface area contributed by atoms with Crippen LogP contribution in [0.2, 0.25) is 0 Å². The van der Waals surface area contributed by atoms with Crippen LogP contribution in [-0.2, 0) is 30.5 Å². The molecule has 0 amide bonds. The zero-order chi connectivity index (χ0) is 29.4. The summed E-state index contributed by atoms with van der Waals surface area (Å²) >= 11 is 5.45. The Morgan fingerprint density at radius 3 is 2.50 bits per heavy atom. The molecule has 0 spiro atoms. The Hall–Kier alpha value is -3.75. The quantitative estimate of drug-likeness (QED) is 0.250. The third-order valence-electron chi connectivity index (χ3n) is 7.08. The van der Waals surface area contributed by atoms with E-state index in [1.807, 2.05) is 30.5 Å². The second kappa shape index (κ2) is 13.5. The van der Waals surface area contributed by atoms with E-state index in [0.717, 1.165) is 11.6 Å². The summed E-state index contributed by atoms with van der Waals surface area (Å²) in [5.41, 5.74) is 8.10. The van der Waals surface area contributed by atoms with Gasteiger partial charge < -0.3 is 20.5 Å². The van der Waals surface area contributed by atoms with Crippen molar-refractivity contribution >= 4 is 23.1 Å². The first-order valence-corrected chi connectivity index (χ1v) is 13.3. The van der Waals surface area contributed by atoms with Crippen LogP contribution in [0.1, 0.15) is 48.2 Å². The van der Waals surface area contributed by atoms with Crippen LogP contribution in [0.5, 0.6) is 0 Å². The van der Waals surface area contributed by atoms with E-state index in [0.29, 0.717) is 24.2 Å². The Kier molecular flexibility index (Phi) is 10.4. The van der Waals surface area contributed by atoms with Crippen LogP contribution in [0.3, 0.4) is 0 Å². The first-order chi connectivity index (χ1) is 19.0. The molecule has 11 heteroatoms. The minimum absolute atomic E-state index is 0.0129. The SMILES string of the molecule is CC[C@H](C)[C@H](C(=O)Cc1cncn1Cc1ccc(C#N)cc1)C(N)N(Cc1ccccc1C(F)(F)F)C(=S)NC. The summed E-state index contributed by atoms with van der Waals surface area (Å²) in [5, 5.41) is 12.0. The van der Waals surface area contributed by atoms with Crippen molar-refractivity contribution in [2.75, 3.05) is 7.05 Å². The molecule has 1 heterocycles. The lowest BCUT2D eigenvalue weighted by Crippen LogP contribution is -2.56. The van der Waals surface area contributed by atoms with Crippen molar-refractivity contribution in [3.05, 3.63) is 89.0 Å². The molecule has 0 aliphatic carbocycles. The van der Waals surface area contributed by atoms with Crippen LogP contribution in [-0.4, -0.2) is 38.6 Å². The molecule has 2 aromatic carbocycles. The van der Waals surface area contributed by atoms with E-state index in [1.54, 1.807) is 31.7 Å². The first kappa shape index (κ1) is 30.8. The predicted octanol–water partition coefficient (Wildman–Crippen LogP) is 4.89. The Labute approximate surface area is 237 Å². The molecule has 0 fully saturated rings. The molecule has 3 rings (SSSR count). The average molecular weight is 571 g/mol. The molecule has 3 N–H and O–H groups in total. The Balaban J connectivity index is 1.88. The molecule has 0 bridgehead atoms. The number of hydrogen-bond acceptors (Lipinski definition) is 5. The number of benzene rings is 2. The maximum Gasteiger partial charge on any atom is 0.416 e. The zero-order valence-electron chi connectivity index (χ0n) is 22.7. The standard InChI is InChI=1S/C29H33F3N6OS/c1-4-19(2)26(25(39)13-23-15-36-18-37(23)16-21-11-9-20(14-33)10-12-21)27(34)38(28(40)35-3)17-22-7-5-6-8-24(22)29(30,31)32/h5-12,15,18-19,26-27H,4,13,16-17,34H2,1-3H3,(H,35,40)/t19-,26+,27?/m0/s1. The van der Waals surface area contributed by atoms with Gasteiger partial charge in [0.1, 0.15) is 5.78 Å². The van der Waals surface area contributed by atoms with E-state index in [2.05, 4.69) is 16.4 Å². The van der Waals surface area contributed by atoms with Crippen LogP contribution in [0.25, 0.3) is 0 Å². The molecule has 1 aromatic heterocycles. The molecule has 0 saturated heterocycles. The summed E-state index contributed by atoms with van der Waals surface area (Å²) in [5.74, 6) is -1.04. The molecule has 0 saturated carbocycles. The van der Waals surface area contributed by atoms with Crippen molar-refractivity contribution in [2.24, 2.45) is 17.6 Å². The minimum atomic E-state index is -4.55. The highest BCUT2D eigenvalue weighted by atomic mass is 32.1. The smallest absolute Gasteiger partial charge is 0.366 e. The lowest BCUT2D eigenvalue weighted by Gasteiger charge is -2.38. The predicted molar refractivity (Wildman–Crippen MR) is 151 cm³/mol. The van der Waals surface area contributed by atoms with E-state index in [4.69, 9.17) is 23.2 Å². The number of nitrogens with two attached hydrogens (primary N) is 1. The van der Waals surface area contributed by atoms with Crippen molar-refractivity contribution in [2.45, 2.75) is 52.1 Å². The molecule has 3 aromatic rings. The average Bonchev–Trinajstić information content (AvgIpc) is 3.37. The number of aromatic nitrogens is 2. The van der Waals surface area contributed by atoms with Gasteiger partial charge in [-0.05, 0) is 47.5 Å². The Bertz CT molecular complexity index is 1350. The molecular formula is C29H33F3N6OS. The van der Waals surface area contributed by atoms with E-state index in [-0.39, 0.29) is 35.3 Å². The van der Waals surface area contributed by atoms with Crippen LogP contribution in [0.4, 0.5) is 13.2 Å². The molecule has 1 unspecified atom stereocenters. The number of halogens is 3. The highest BCUT2D eigenvalue weighted by Crippen LogP contribution is 2.33. The highest BCUT2D eigenvalue weighted by molar-refractivity contribution is 7.80. The number of rotatable bonds is 11. The molecule has 212 valence electrons. The number of carbonyl (C=O) groups is 1. The summed E-state index contributed by atoms with van der Waals surface area (Å²) in [7, 11) is 1.57. The summed E-state index contributed by atoms with van der Waals surface area (Å²) in [6, 6.07) is 14.5. The molecule has 0 aliphatic rings. The number of nitrogens with zero attached hydrogens (tertiary/aromatic N) is 4. The van der Waals surface area contributed by atoms with Crippen LogP contribution >= 0.6 is 12.2 Å². The van der Waals surface area contributed by atoms with Gasteiger partial charge in [0.25, 0.3) is 0 Å². The van der Waals surface area contributed by atoms with Crippen molar-refractivity contribution in [1.29, 1.82) is 5.26 Å². The van der Waals surface area contributed by atoms with Crippen molar-refractivity contribution < 1.29 is 18.0 Å². The van der Waals surface area contributed by atoms with Gasteiger partial charge in [0.05, 0.1) is 35.6 Å². The number of nitrogens with one attached hydrogen (secondary N) is 1. The van der Waals surface area contributed by atoms with Crippen molar-refractivity contribution in [3.63, 3.8) is 0 Å². The van der Waals surface area contributed by atoms with Gasteiger partial charge in [0.15, 0.2) is 5.11 Å². The Morgan fingerprint density at radius 1 is 1.23 bits per heavy atom. The third-order valence-corrected chi connectivity index (χ3v) is 7.52. The molecule has 3 atom stereocenters. The zero-order valence-corrected chi connectivity index (χ0v) is 23.5. The number of alkyl halides is 3. The van der Waals surface area contributed by atoms with Gasteiger partial charge in [0.2, 0.25) is 0 Å². The second-order valence-corrected chi connectivity index (χ2v) is 10.1. The number of thiocarbonyl (C=S) groups is 1. The molecule has 7 nitrogen and oxygen atoms in total. The van der Waals surface area contributed by atoms with E-state index < -0.39 is 23.8 Å². The molecule has 0 aliphatic heterocycles. The third kappa shape index (κ3) is 7.46. The Morgan fingerprint density at radius 2 is 1.90 bits per heavy atom. The van der Waals surface area contributed by atoms with Gasteiger partial charge in [-0.25, -0.2) is 4.98 Å². The normalized spacial score (nSPS) is 13.7. The van der Waals surface area contributed by atoms with Crippen molar-refractivity contribution in [1.82, 2.24) is 19.8 Å². The highest BCUT2D eigenvalue weighted by Gasteiger charge is 2.37. The van der Waals surface area contributed by atoms with Gasteiger partial charge in [-0.1, -0.05) is 50.6 Å². The van der Waals surface area contributed by atoms with Crippen LogP contribution in [0, 0.1) is 23.2 Å². The summed E-state index contributed by atoms with van der Waals surface area (Å²) in [6.07, 6.45) is -1.59. The largest absolute Gasteiger partial charge is 0.416 e. The molecular weight excluding hydrogens is 537 g/mol. The van der Waals surface area contributed by atoms with Gasteiger partial charge in [0, 0.05) is 38.4 Å². The van der Waals surface area contributed by atoms with Gasteiger partial charge in [-0.15, -0.1) is 0 Å². The fraction of sp³-hybridized carbons (Fsp3) is 0.379. The van der Waals surface area contributed by atoms with E-state index >= 15 is 0 Å². The topological polar surface area (TPSA) is 100.0 Å². The number of nitriles is 1. The van der Waals surface area contributed by atoms with Crippen molar-refractivity contribution in [3.8, 4) is 6.07 Å². The summed E-state index contributed by atoms with van der Waals surface area (Å²) < 4.78 is 43.0. The minimum Gasteiger partial charge on any atom is -0.366 e. The number of Topliss-reactive ketones (excluding diaryl/α,β-unsaturated/α-hetero) is 1. The second-order valence-electron chi connectivity index (χ2n) is 9.70. The monoisotopic (exact) mass is 570 g/mol. The van der Waals surface area contributed by atoms with E-state index in [9.17, 15) is 18.0 Å². The lowest BCUT2D eigenvalue weighted by molar-refractivity contribution is -0.138. The maximum absolute atomic E-state index is 13.8. The maximum atomic E-state index is 13.8. The van der Waals surface area contributed by atoms with Gasteiger partial charge >= 0.3 is 6.18 Å². The van der Waals surface area contributed by atoms with E-state index in [1.165, 1.54) is 23.1 Å². The fourth-order valence-corrected chi connectivity index (χ4v) is 4.87. The van der Waals surface area contributed by atoms with Gasteiger partial charge in [-0.2, -0.15) is 18.4 Å². The number of ketones is 1. The molecule has 40 heavy (non-hydrogen) atoms. The number of hydrogen-bond donors (Lipinski definition) is 2.